The Bertz CT molecular complexity index is 1030. The zero-order valence-corrected chi connectivity index (χ0v) is 14.8. The molecule has 0 atom stereocenters. The summed E-state index contributed by atoms with van der Waals surface area (Å²) in [7, 11) is -3.77. The zero-order chi connectivity index (χ0) is 18.4. The van der Waals surface area contributed by atoms with Gasteiger partial charge >= 0.3 is 0 Å². The second kappa shape index (κ2) is 5.94. The minimum Gasteiger partial charge on any atom is -0.325 e. The fourth-order valence-electron chi connectivity index (χ4n) is 3.90. The number of hydrogen-bond acceptors (Lipinski definition) is 4. The molecule has 0 bridgehead atoms. The van der Waals surface area contributed by atoms with Crippen LogP contribution in [0.4, 0.5) is 5.69 Å². The van der Waals surface area contributed by atoms with Crippen LogP contribution < -0.4 is 5.32 Å². The van der Waals surface area contributed by atoms with Gasteiger partial charge in [-0.25, -0.2) is 8.42 Å². The minimum atomic E-state index is -3.77. The fourth-order valence-corrected chi connectivity index (χ4v) is 5.48. The van der Waals surface area contributed by atoms with Crippen LogP contribution in [0.15, 0.2) is 53.4 Å². The van der Waals surface area contributed by atoms with Crippen molar-refractivity contribution in [3.05, 3.63) is 59.7 Å². The molecular weight excluding hydrogens is 350 g/mol. The van der Waals surface area contributed by atoms with Crippen molar-refractivity contribution in [3.8, 4) is 6.07 Å². The molecule has 2 heterocycles. The minimum absolute atomic E-state index is 0.0229. The van der Waals surface area contributed by atoms with Gasteiger partial charge in [0, 0.05) is 18.8 Å². The molecule has 1 fully saturated rings. The van der Waals surface area contributed by atoms with Crippen molar-refractivity contribution in [2.24, 2.45) is 0 Å². The summed E-state index contributed by atoms with van der Waals surface area (Å²) in [5, 5.41) is 12.1. The van der Waals surface area contributed by atoms with Crippen LogP contribution in [0.25, 0.3) is 0 Å². The quantitative estimate of drug-likeness (QED) is 0.881. The molecule has 0 aliphatic carbocycles. The van der Waals surface area contributed by atoms with Crippen LogP contribution in [0.2, 0.25) is 0 Å². The van der Waals surface area contributed by atoms with Crippen molar-refractivity contribution in [1.29, 1.82) is 5.26 Å². The van der Waals surface area contributed by atoms with Gasteiger partial charge in [-0.1, -0.05) is 30.3 Å². The van der Waals surface area contributed by atoms with E-state index in [2.05, 4.69) is 5.32 Å². The summed E-state index contributed by atoms with van der Waals surface area (Å²) in [5.41, 5.74) is 1.22. The summed E-state index contributed by atoms with van der Waals surface area (Å²) >= 11 is 0. The van der Waals surface area contributed by atoms with Gasteiger partial charge in [0.05, 0.1) is 15.9 Å². The first kappa shape index (κ1) is 16.8. The van der Waals surface area contributed by atoms with Gasteiger partial charge in [0.25, 0.3) is 0 Å². The topological polar surface area (TPSA) is 90.3 Å². The number of rotatable bonds is 2. The van der Waals surface area contributed by atoms with E-state index in [1.54, 1.807) is 12.1 Å². The third kappa shape index (κ3) is 2.34. The number of benzene rings is 2. The lowest BCUT2D eigenvalue weighted by molar-refractivity contribution is -0.122. The average Bonchev–Trinajstić information content (AvgIpc) is 2.94. The number of sulfonamides is 1. The van der Waals surface area contributed by atoms with Crippen molar-refractivity contribution in [2.45, 2.75) is 23.2 Å². The van der Waals surface area contributed by atoms with Gasteiger partial charge in [-0.2, -0.15) is 9.57 Å². The molecule has 0 radical (unpaired) electrons. The van der Waals surface area contributed by atoms with E-state index in [4.69, 9.17) is 0 Å². The Balaban J connectivity index is 1.64. The molecule has 0 saturated carbocycles. The average molecular weight is 367 g/mol. The van der Waals surface area contributed by atoms with Crippen LogP contribution in [0.5, 0.6) is 0 Å². The Kier molecular flexibility index (Phi) is 3.83. The van der Waals surface area contributed by atoms with Crippen molar-refractivity contribution in [1.82, 2.24) is 4.31 Å². The molecule has 2 aromatic rings. The third-order valence-electron chi connectivity index (χ3n) is 5.33. The zero-order valence-electron chi connectivity index (χ0n) is 14.0. The Morgan fingerprint density at radius 1 is 1.04 bits per heavy atom. The number of carbonyl (C=O) groups is 1. The molecule has 1 spiro atoms. The van der Waals surface area contributed by atoms with Crippen LogP contribution in [-0.4, -0.2) is 31.7 Å². The van der Waals surface area contributed by atoms with E-state index in [0.29, 0.717) is 12.8 Å². The van der Waals surface area contributed by atoms with Gasteiger partial charge in [0.1, 0.15) is 6.07 Å². The summed E-state index contributed by atoms with van der Waals surface area (Å²) < 4.78 is 27.3. The Labute approximate surface area is 152 Å². The predicted octanol–water partition coefficient (Wildman–Crippen LogP) is 2.23. The first-order valence-electron chi connectivity index (χ1n) is 8.39. The lowest BCUT2D eigenvalue weighted by Crippen LogP contribution is -2.48. The number of nitriles is 1. The second-order valence-corrected chi connectivity index (χ2v) is 8.50. The number of piperidine rings is 1. The lowest BCUT2D eigenvalue weighted by atomic mass is 9.74. The molecule has 0 unspecified atom stereocenters. The van der Waals surface area contributed by atoms with E-state index in [-0.39, 0.29) is 29.5 Å². The molecule has 26 heavy (non-hydrogen) atoms. The highest BCUT2D eigenvalue weighted by Gasteiger charge is 2.49. The van der Waals surface area contributed by atoms with Gasteiger partial charge in [-0.05, 0) is 36.6 Å². The maximum Gasteiger partial charge on any atom is 0.244 e. The Hall–Kier alpha value is -2.69. The smallest absolute Gasteiger partial charge is 0.244 e. The summed E-state index contributed by atoms with van der Waals surface area (Å²) in [5.74, 6) is -0.0619. The molecule has 132 valence electrons. The SMILES string of the molecule is N#Cc1ccccc1S(=O)(=O)N1CCC2(CC1)C(=O)Nc1ccccc12. The fraction of sp³-hybridized carbons (Fsp3) is 0.263. The number of nitrogens with one attached hydrogen (secondary N) is 1. The van der Waals surface area contributed by atoms with Crippen LogP contribution in [0.1, 0.15) is 24.0 Å². The maximum absolute atomic E-state index is 13.0. The number of hydrogen-bond donors (Lipinski definition) is 1. The number of carbonyl (C=O) groups excluding carboxylic acids is 1. The highest BCUT2D eigenvalue weighted by Crippen LogP contribution is 2.45. The predicted molar refractivity (Wildman–Crippen MR) is 95.9 cm³/mol. The highest BCUT2D eigenvalue weighted by molar-refractivity contribution is 7.89. The molecule has 1 amide bonds. The van der Waals surface area contributed by atoms with Gasteiger partial charge < -0.3 is 5.32 Å². The van der Waals surface area contributed by atoms with Gasteiger partial charge in [0.2, 0.25) is 15.9 Å². The molecule has 2 aliphatic heterocycles. The second-order valence-electron chi connectivity index (χ2n) is 6.59. The van der Waals surface area contributed by atoms with Crippen LogP contribution >= 0.6 is 0 Å². The molecule has 0 aromatic heterocycles. The van der Waals surface area contributed by atoms with E-state index in [1.807, 2.05) is 30.3 Å². The molecule has 1 N–H and O–H groups in total. The summed E-state index contributed by atoms with van der Waals surface area (Å²) in [6, 6.07) is 15.7. The largest absolute Gasteiger partial charge is 0.325 e. The molecule has 7 heteroatoms. The van der Waals surface area contributed by atoms with Crippen LogP contribution in [-0.2, 0) is 20.2 Å². The Morgan fingerprint density at radius 3 is 2.42 bits per heavy atom. The monoisotopic (exact) mass is 367 g/mol. The van der Waals surface area contributed by atoms with E-state index >= 15 is 0 Å². The molecule has 2 aliphatic rings. The summed E-state index contributed by atoms with van der Waals surface area (Å²) in [4.78, 5) is 12.6. The van der Waals surface area contributed by atoms with Gasteiger partial charge in [-0.15, -0.1) is 0 Å². The number of anilines is 1. The van der Waals surface area contributed by atoms with Crippen molar-refractivity contribution < 1.29 is 13.2 Å². The first-order valence-corrected chi connectivity index (χ1v) is 9.83. The Morgan fingerprint density at radius 2 is 1.69 bits per heavy atom. The molecule has 1 saturated heterocycles. The van der Waals surface area contributed by atoms with Crippen molar-refractivity contribution in [2.75, 3.05) is 18.4 Å². The molecule has 2 aromatic carbocycles. The first-order chi connectivity index (χ1) is 12.5. The summed E-state index contributed by atoms with van der Waals surface area (Å²) in [6.45, 7) is 0.480. The molecule has 6 nitrogen and oxygen atoms in total. The van der Waals surface area contributed by atoms with Gasteiger partial charge in [-0.3, -0.25) is 4.79 Å². The van der Waals surface area contributed by atoms with E-state index < -0.39 is 15.4 Å². The van der Waals surface area contributed by atoms with E-state index in [9.17, 15) is 18.5 Å². The van der Waals surface area contributed by atoms with Crippen molar-refractivity contribution in [3.63, 3.8) is 0 Å². The maximum atomic E-state index is 13.0. The molecular formula is C19H17N3O3S. The number of nitrogens with zero attached hydrogens (tertiary/aromatic N) is 2. The van der Waals surface area contributed by atoms with Crippen molar-refractivity contribution >= 4 is 21.6 Å². The highest BCUT2D eigenvalue weighted by atomic mass is 32.2. The van der Waals surface area contributed by atoms with Crippen LogP contribution in [0, 0.1) is 11.3 Å². The van der Waals surface area contributed by atoms with E-state index in [1.165, 1.54) is 16.4 Å². The normalized spacial score (nSPS) is 19.0. The lowest BCUT2D eigenvalue weighted by Gasteiger charge is -2.37. The summed E-state index contributed by atoms with van der Waals surface area (Å²) in [6.07, 6.45) is 0.841. The standard InChI is InChI=1S/C19H17N3O3S/c20-13-14-5-1-4-8-17(14)26(24,25)22-11-9-19(10-12-22)15-6-2-3-7-16(15)21-18(19)23/h1-8H,9-12H2,(H,21,23). The van der Waals surface area contributed by atoms with E-state index in [0.717, 1.165) is 11.3 Å². The number of amides is 1. The number of fused-ring (bicyclic) bond motifs is 2. The number of para-hydroxylation sites is 1. The van der Waals surface area contributed by atoms with Gasteiger partial charge in [0.15, 0.2) is 0 Å². The molecule has 4 rings (SSSR count). The van der Waals surface area contributed by atoms with Crippen LogP contribution in [0.3, 0.4) is 0 Å². The third-order valence-corrected chi connectivity index (χ3v) is 7.28.